The van der Waals surface area contributed by atoms with E-state index in [1.165, 1.54) is 12.1 Å². The Morgan fingerprint density at radius 2 is 2.15 bits per heavy atom. The van der Waals surface area contributed by atoms with Crippen molar-refractivity contribution in [3.05, 3.63) is 52.9 Å². The molecule has 2 N–H and O–H groups in total. The van der Waals surface area contributed by atoms with Crippen molar-refractivity contribution in [2.45, 2.75) is 13.0 Å². The van der Waals surface area contributed by atoms with Crippen molar-refractivity contribution in [2.24, 2.45) is 0 Å². The molecule has 1 atom stereocenters. The SMILES string of the molecule is Cc1cc(C(=O)NC[C@H](O)c2ccc(F)c(F)c2)no1. The maximum Gasteiger partial charge on any atom is 0.273 e. The van der Waals surface area contributed by atoms with Crippen LogP contribution in [0.25, 0.3) is 0 Å². The standard InChI is InChI=1S/C13H12F2N2O3/c1-7-4-11(17-20-7)13(19)16-6-12(18)8-2-3-9(14)10(15)5-8/h2-5,12,18H,6H2,1H3,(H,16,19)/t12-/m0/s1. The number of carbonyl (C=O) groups excluding carboxylic acids is 1. The second-order valence-corrected chi connectivity index (χ2v) is 4.22. The number of aromatic nitrogens is 1. The van der Waals surface area contributed by atoms with E-state index in [9.17, 15) is 18.7 Å². The third-order valence-corrected chi connectivity index (χ3v) is 2.65. The van der Waals surface area contributed by atoms with Crippen molar-refractivity contribution in [2.75, 3.05) is 6.54 Å². The number of aliphatic hydroxyl groups excluding tert-OH is 1. The lowest BCUT2D eigenvalue weighted by Gasteiger charge is -2.11. The Labute approximate surface area is 113 Å². The van der Waals surface area contributed by atoms with Crippen molar-refractivity contribution in [3.63, 3.8) is 0 Å². The Morgan fingerprint density at radius 3 is 2.75 bits per heavy atom. The zero-order valence-corrected chi connectivity index (χ0v) is 10.6. The maximum absolute atomic E-state index is 13.0. The summed E-state index contributed by atoms with van der Waals surface area (Å²) >= 11 is 0. The first kappa shape index (κ1) is 14.1. The van der Waals surface area contributed by atoms with Crippen molar-refractivity contribution >= 4 is 5.91 Å². The number of rotatable bonds is 4. The summed E-state index contributed by atoms with van der Waals surface area (Å²) in [6, 6.07) is 4.48. The van der Waals surface area contributed by atoms with E-state index in [2.05, 4.69) is 10.5 Å². The van der Waals surface area contributed by atoms with Crippen LogP contribution < -0.4 is 5.32 Å². The molecule has 0 saturated heterocycles. The minimum Gasteiger partial charge on any atom is -0.387 e. The number of amides is 1. The normalized spacial score (nSPS) is 12.2. The minimum absolute atomic E-state index is 0.0833. The molecule has 20 heavy (non-hydrogen) atoms. The zero-order chi connectivity index (χ0) is 14.7. The van der Waals surface area contributed by atoms with E-state index >= 15 is 0 Å². The second-order valence-electron chi connectivity index (χ2n) is 4.22. The van der Waals surface area contributed by atoms with Gasteiger partial charge in [-0.15, -0.1) is 0 Å². The minimum atomic E-state index is -1.15. The molecule has 1 heterocycles. The summed E-state index contributed by atoms with van der Waals surface area (Å²) in [6.45, 7) is 1.48. The van der Waals surface area contributed by atoms with Gasteiger partial charge in [0.1, 0.15) is 5.76 Å². The Balaban J connectivity index is 1.96. The monoisotopic (exact) mass is 282 g/mol. The van der Waals surface area contributed by atoms with E-state index in [0.29, 0.717) is 5.76 Å². The molecule has 5 nitrogen and oxygen atoms in total. The molecule has 1 amide bonds. The van der Waals surface area contributed by atoms with Gasteiger partial charge in [0.15, 0.2) is 17.3 Å². The molecule has 0 aliphatic carbocycles. The van der Waals surface area contributed by atoms with Gasteiger partial charge in [-0.3, -0.25) is 4.79 Å². The summed E-state index contributed by atoms with van der Waals surface area (Å²) < 4.78 is 30.5. The van der Waals surface area contributed by atoms with Gasteiger partial charge in [-0.25, -0.2) is 8.78 Å². The smallest absolute Gasteiger partial charge is 0.273 e. The first-order valence-corrected chi connectivity index (χ1v) is 5.82. The van der Waals surface area contributed by atoms with E-state index in [4.69, 9.17) is 4.52 Å². The number of benzene rings is 1. The van der Waals surface area contributed by atoms with Gasteiger partial charge >= 0.3 is 0 Å². The Hall–Kier alpha value is -2.28. The van der Waals surface area contributed by atoms with Gasteiger partial charge in [0, 0.05) is 12.6 Å². The Kier molecular flexibility index (Phi) is 4.09. The van der Waals surface area contributed by atoms with E-state index in [-0.39, 0.29) is 17.8 Å². The molecule has 1 aromatic carbocycles. The highest BCUT2D eigenvalue weighted by Gasteiger charge is 2.15. The highest BCUT2D eigenvalue weighted by molar-refractivity contribution is 5.92. The quantitative estimate of drug-likeness (QED) is 0.895. The summed E-state index contributed by atoms with van der Waals surface area (Å²) in [6.07, 6.45) is -1.15. The van der Waals surface area contributed by atoms with Gasteiger partial charge in [-0.1, -0.05) is 11.2 Å². The van der Waals surface area contributed by atoms with Crippen LogP contribution >= 0.6 is 0 Å². The van der Waals surface area contributed by atoms with E-state index in [0.717, 1.165) is 12.1 Å². The average Bonchev–Trinajstić information content (AvgIpc) is 2.85. The van der Waals surface area contributed by atoms with Crippen LogP contribution in [0.3, 0.4) is 0 Å². The van der Waals surface area contributed by atoms with E-state index < -0.39 is 23.6 Å². The van der Waals surface area contributed by atoms with Crippen LogP contribution in [0.1, 0.15) is 27.9 Å². The molecular formula is C13H12F2N2O3. The number of halogens is 2. The fourth-order valence-corrected chi connectivity index (χ4v) is 1.59. The first-order chi connectivity index (χ1) is 9.47. The highest BCUT2D eigenvalue weighted by atomic mass is 19.2. The van der Waals surface area contributed by atoms with Crippen LogP contribution in [0.15, 0.2) is 28.8 Å². The predicted molar refractivity (Wildman–Crippen MR) is 64.9 cm³/mol. The van der Waals surface area contributed by atoms with Crippen LogP contribution in [-0.2, 0) is 0 Å². The van der Waals surface area contributed by atoms with E-state index in [1.807, 2.05) is 0 Å². The number of nitrogens with one attached hydrogen (secondary N) is 1. The molecule has 0 saturated carbocycles. The predicted octanol–water partition coefficient (Wildman–Crippen LogP) is 1.72. The Bertz CT molecular complexity index is 628. The molecule has 0 unspecified atom stereocenters. The number of carbonyl (C=O) groups is 1. The summed E-state index contributed by atoms with van der Waals surface area (Å²) in [4.78, 5) is 11.6. The van der Waals surface area contributed by atoms with Crippen molar-refractivity contribution in [1.29, 1.82) is 0 Å². The molecule has 0 radical (unpaired) electrons. The van der Waals surface area contributed by atoms with Crippen molar-refractivity contribution in [1.82, 2.24) is 10.5 Å². The molecule has 0 fully saturated rings. The molecule has 2 rings (SSSR count). The van der Waals surface area contributed by atoms with Gasteiger partial charge in [-0.05, 0) is 24.6 Å². The average molecular weight is 282 g/mol. The number of nitrogens with zero attached hydrogens (tertiary/aromatic N) is 1. The topological polar surface area (TPSA) is 75.4 Å². The number of hydrogen-bond donors (Lipinski definition) is 2. The third kappa shape index (κ3) is 3.18. The van der Waals surface area contributed by atoms with Crippen LogP contribution in [0.2, 0.25) is 0 Å². The molecule has 0 aliphatic rings. The fraction of sp³-hybridized carbons (Fsp3) is 0.231. The van der Waals surface area contributed by atoms with Gasteiger partial charge in [-0.2, -0.15) is 0 Å². The lowest BCUT2D eigenvalue weighted by atomic mass is 10.1. The highest BCUT2D eigenvalue weighted by Crippen LogP contribution is 2.15. The molecular weight excluding hydrogens is 270 g/mol. The number of aliphatic hydroxyl groups is 1. The molecule has 2 aromatic rings. The van der Waals surface area contributed by atoms with Crippen LogP contribution in [0.5, 0.6) is 0 Å². The van der Waals surface area contributed by atoms with Crippen LogP contribution in [0, 0.1) is 18.6 Å². The largest absolute Gasteiger partial charge is 0.387 e. The molecule has 0 bridgehead atoms. The van der Waals surface area contributed by atoms with Gasteiger partial charge in [0.05, 0.1) is 6.10 Å². The second kappa shape index (κ2) is 5.79. The number of hydrogen-bond acceptors (Lipinski definition) is 4. The summed E-state index contributed by atoms with van der Waals surface area (Å²) in [5, 5.41) is 15.7. The molecule has 7 heteroatoms. The fourth-order valence-electron chi connectivity index (χ4n) is 1.59. The molecule has 0 spiro atoms. The number of aryl methyl sites for hydroxylation is 1. The molecule has 1 aromatic heterocycles. The molecule has 0 aliphatic heterocycles. The van der Waals surface area contributed by atoms with Crippen molar-refractivity contribution in [3.8, 4) is 0 Å². The molecule has 106 valence electrons. The summed E-state index contributed by atoms with van der Waals surface area (Å²) in [5.74, 6) is -2.09. The first-order valence-electron chi connectivity index (χ1n) is 5.82. The zero-order valence-electron chi connectivity index (χ0n) is 10.6. The maximum atomic E-state index is 13.0. The van der Waals surface area contributed by atoms with Crippen LogP contribution in [-0.4, -0.2) is 22.7 Å². The van der Waals surface area contributed by atoms with Crippen molar-refractivity contribution < 1.29 is 23.2 Å². The van der Waals surface area contributed by atoms with E-state index in [1.54, 1.807) is 6.92 Å². The lowest BCUT2D eigenvalue weighted by molar-refractivity contribution is 0.0907. The van der Waals surface area contributed by atoms with Crippen LogP contribution in [0.4, 0.5) is 8.78 Å². The third-order valence-electron chi connectivity index (χ3n) is 2.65. The summed E-state index contributed by atoms with van der Waals surface area (Å²) in [7, 11) is 0. The summed E-state index contributed by atoms with van der Waals surface area (Å²) in [5.41, 5.74) is 0.250. The van der Waals surface area contributed by atoms with Gasteiger partial charge < -0.3 is 14.9 Å². The van der Waals surface area contributed by atoms with Gasteiger partial charge in [0.25, 0.3) is 5.91 Å². The van der Waals surface area contributed by atoms with Gasteiger partial charge in [0.2, 0.25) is 0 Å². The Morgan fingerprint density at radius 1 is 1.40 bits per heavy atom. The lowest BCUT2D eigenvalue weighted by Crippen LogP contribution is -2.28.